The van der Waals surface area contributed by atoms with E-state index in [9.17, 15) is 9.18 Å². The van der Waals surface area contributed by atoms with Gasteiger partial charge < -0.3 is 9.64 Å². The Morgan fingerprint density at radius 2 is 1.80 bits per heavy atom. The molecule has 0 aromatic heterocycles. The minimum atomic E-state index is -0.497. The lowest BCUT2D eigenvalue weighted by atomic mass is 9.90. The van der Waals surface area contributed by atoms with Crippen LogP contribution in [-0.2, 0) is 11.3 Å². The zero-order chi connectivity index (χ0) is 21.8. The van der Waals surface area contributed by atoms with E-state index < -0.39 is 11.8 Å². The molecule has 4 nitrogen and oxygen atoms in total. The number of nitrogens with zero attached hydrogens (tertiary/aromatic N) is 2. The summed E-state index contributed by atoms with van der Waals surface area (Å²) < 4.78 is 19.2. The highest BCUT2D eigenvalue weighted by Gasteiger charge is 2.34. The fraction of sp³-hybridized carbons (Fsp3) is 0.480. The van der Waals surface area contributed by atoms with Crippen LogP contribution in [0.25, 0.3) is 0 Å². The predicted octanol–water partition coefficient (Wildman–Crippen LogP) is 5.19. The smallest absolute Gasteiger partial charge is 0.338 e. The number of rotatable bonds is 6. The lowest BCUT2D eigenvalue weighted by Gasteiger charge is -2.47. The van der Waals surface area contributed by atoms with E-state index in [-0.39, 0.29) is 6.04 Å². The number of methoxy groups -OCH3 is 1. The van der Waals surface area contributed by atoms with Crippen molar-refractivity contribution in [3.63, 3.8) is 0 Å². The van der Waals surface area contributed by atoms with Crippen molar-refractivity contribution in [3.8, 4) is 0 Å². The number of piperidine rings is 1. The molecule has 0 unspecified atom stereocenters. The summed E-state index contributed by atoms with van der Waals surface area (Å²) in [5.74, 6) is -0.902. The molecule has 0 spiro atoms. The molecule has 2 aromatic carbocycles. The first-order valence-corrected chi connectivity index (χ1v) is 10.8. The minimum Gasteiger partial charge on any atom is -0.465 e. The van der Waals surface area contributed by atoms with Crippen LogP contribution in [0.2, 0.25) is 0 Å². The normalized spacial score (nSPS) is 22.0. The summed E-state index contributed by atoms with van der Waals surface area (Å²) in [6.45, 7) is 10.2. The molecule has 3 rings (SSSR count). The largest absolute Gasteiger partial charge is 0.465 e. The Labute approximate surface area is 179 Å². The summed E-state index contributed by atoms with van der Waals surface area (Å²) in [5.41, 5.74) is 3.19. The van der Waals surface area contributed by atoms with E-state index in [1.54, 1.807) is 6.07 Å². The Morgan fingerprint density at radius 1 is 1.17 bits per heavy atom. The molecule has 1 aliphatic rings. The number of anilines is 1. The van der Waals surface area contributed by atoms with Gasteiger partial charge in [-0.1, -0.05) is 30.3 Å². The lowest BCUT2D eigenvalue weighted by molar-refractivity contribution is 0.0599. The average Bonchev–Trinajstić information content (AvgIpc) is 2.73. The molecule has 0 saturated carbocycles. The van der Waals surface area contributed by atoms with Crippen LogP contribution < -0.4 is 4.90 Å². The quantitative estimate of drug-likeness (QED) is 0.612. The molecule has 1 heterocycles. The summed E-state index contributed by atoms with van der Waals surface area (Å²) >= 11 is 0. The van der Waals surface area contributed by atoms with Crippen molar-refractivity contribution in [2.75, 3.05) is 18.6 Å². The molecule has 0 aliphatic carbocycles. The molecule has 30 heavy (non-hydrogen) atoms. The molecule has 2 aromatic rings. The maximum atomic E-state index is 14.4. The van der Waals surface area contributed by atoms with E-state index in [2.05, 4.69) is 54.8 Å². The lowest BCUT2D eigenvalue weighted by Crippen LogP contribution is -2.53. The monoisotopic (exact) mass is 412 g/mol. The minimum absolute atomic E-state index is 0.290. The van der Waals surface area contributed by atoms with Crippen molar-refractivity contribution >= 4 is 11.7 Å². The van der Waals surface area contributed by atoms with Crippen molar-refractivity contribution in [1.82, 2.24) is 4.90 Å². The van der Waals surface area contributed by atoms with Crippen LogP contribution in [0, 0.1) is 12.7 Å². The van der Waals surface area contributed by atoms with E-state index >= 15 is 0 Å². The second-order valence-electron chi connectivity index (χ2n) is 8.36. The molecular formula is C25H33FN2O2. The number of esters is 1. The number of carbonyl (C=O) groups excluding carboxylic acids is 1. The summed E-state index contributed by atoms with van der Waals surface area (Å²) in [5, 5.41) is 0. The molecule has 2 atom stereocenters. The fourth-order valence-corrected chi connectivity index (χ4v) is 4.86. The van der Waals surface area contributed by atoms with Crippen LogP contribution in [0.4, 0.5) is 10.1 Å². The second kappa shape index (κ2) is 9.61. The Kier molecular flexibility index (Phi) is 7.14. The van der Waals surface area contributed by atoms with Crippen LogP contribution in [-0.4, -0.2) is 42.6 Å². The van der Waals surface area contributed by atoms with Gasteiger partial charge in [0.25, 0.3) is 0 Å². The van der Waals surface area contributed by atoms with Gasteiger partial charge in [-0.2, -0.15) is 0 Å². The summed E-state index contributed by atoms with van der Waals surface area (Å²) in [7, 11) is 1.33. The Morgan fingerprint density at radius 3 is 2.37 bits per heavy atom. The van der Waals surface area contributed by atoms with Gasteiger partial charge in [-0.3, -0.25) is 4.90 Å². The van der Waals surface area contributed by atoms with Gasteiger partial charge in [-0.15, -0.1) is 0 Å². The standard InChI is InChI=1S/C25H33FN2O2/c1-6-27(24-15-21(26)14-23(19(24)4)25(29)30-5)22-12-17(2)28(18(3)13-22)16-20-10-8-7-9-11-20/h7-11,14-15,17-18,22H,6,12-13,16H2,1-5H3/t17-,18-/m1/s1. The molecule has 1 fully saturated rings. The molecule has 1 aliphatic heterocycles. The molecule has 0 bridgehead atoms. The van der Waals surface area contributed by atoms with Gasteiger partial charge in [0.2, 0.25) is 0 Å². The van der Waals surface area contributed by atoms with Gasteiger partial charge in [-0.25, -0.2) is 9.18 Å². The molecular weight excluding hydrogens is 379 g/mol. The molecule has 5 heteroatoms. The number of carbonyl (C=O) groups is 1. The average molecular weight is 413 g/mol. The van der Waals surface area contributed by atoms with Gasteiger partial charge in [0.15, 0.2) is 0 Å². The van der Waals surface area contributed by atoms with Crippen molar-refractivity contribution in [3.05, 3.63) is 65.0 Å². The highest BCUT2D eigenvalue weighted by atomic mass is 19.1. The number of benzene rings is 2. The zero-order valence-electron chi connectivity index (χ0n) is 18.7. The predicted molar refractivity (Wildman–Crippen MR) is 119 cm³/mol. The van der Waals surface area contributed by atoms with Gasteiger partial charge in [-0.05, 0) is 63.8 Å². The van der Waals surface area contributed by atoms with Crippen molar-refractivity contribution in [1.29, 1.82) is 0 Å². The molecule has 0 amide bonds. The number of ether oxygens (including phenoxy) is 1. The van der Waals surface area contributed by atoms with Gasteiger partial charge in [0.1, 0.15) is 5.82 Å². The van der Waals surface area contributed by atoms with E-state index in [1.165, 1.54) is 18.7 Å². The highest BCUT2D eigenvalue weighted by Crippen LogP contribution is 2.34. The third-order valence-electron chi connectivity index (χ3n) is 6.41. The maximum absolute atomic E-state index is 14.4. The third-order valence-corrected chi connectivity index (χ3v) is 6.41. The maximum Gasteiger partial charge on any atom is 0.338 e. The van der Waals surface area contributed by atoms with Gasteiger partial charge in [0, 0.05) is 36.9 Å². The van der Waals surface area contributed by atoms with Crippen LogP contribution in [0.15, 0.2) is 42.5 Å². The molecule has 0 N–H and O–H groups in total. The Bertz CT molecular complexity index is 859. The number of halogens is 1. The molecule has 162 valence electrons. The SMILES string of the molecule is CCN(c1cc(F)cc(C(=O)OC)c1C)C1C[C@@H](C)N(Cc2ccccc2)[C@H](C)C1. The number of hydrogen-bond donors (Lipinski definition) is 0. The highest BCUT2D eigenvalue weighted by molar-refractivity contribution is 5.92. The van der Waals surface area contributed by atoms with Crippen molar-refractivity contribution in [2.45, 2.75) is 65.2 Å². The van der Waals surface area contributed by atoms with Gasteiger partial charge in [0.05, 0.1) is 12.7 Å². The zero-order valence-corrected chi connectivity index (χ0v) is 18.7. The van der Waals surface area contributed by atoms with Gasteiger partial charge >= 0.3 is 5.97 Å². The summed E-state index contributed by atoms with van der Waals surface area (Å²) in [6, 6.07) is 14.5. The van der Waals surface area contributed by atoms with E-state index in [0.29, 0.717) is 17.6 Å². The molecule has 1 saturated heterocycles. The van der Waals surface area contributed by atoms with E-state index in [4.69, 9.17) is 4.74 Å². The third kappa shape index (κ3) is 4.67. The summed E-state index contributed by atoms with van der Waals surface area (Å²) in [4.78, 5) is 16.9. The van der Waals surface area contributed by atoms with Crippen LogP contribution in [0.3, 0.4) is 0 Å². The fourth-order valence-electron chi connectivity index (χ4n) is 4.86. The second-order valence-corrected chi connectivity index (χ2v) is 8.36. The summed E-state index contributed by atoms with van der Waals surface area (Å²) in [6.07, 6.45) is 1.99. The van der Waals surface area contributed by atoms with E-state index in [1.807, 2.05) is 13.0 Å². The first-order chi connectivity index (χ1) is 14.3. The van der Waals surface area contributed by atoms with E-state index in [0.717, 1.165) is 37.2 Å². The van der Waals surface area contributed by atoms with Crippen LogP contribution in [0.1, 0.15) is 55.1 Å². The first-order valence-electron chi connectivity index (χ1n) is 10.8. The van der Waals surface area contributed by atoms with Crippen molar-refractivity contribution < 1.29 is 13.9 Å². The topological polar surface area (TPSA) is 32.8 Å². The number of hydrogen-bond acceptors (Lipinski definition) is 4. The Hall–Kier alpha value is -2.40. The number of likely N-dealkylation sites (tertiary alicyclic amines) is 1. The van der Waals surface area contributed by atoms with Crippen LogP contribution >= 0.6 is 0 Å². The molecule has 0 radical (unpaired) electrons. The Balaban J connectivity index is 1.83. The van der Waals surface area contributed by atoms with Crippen LogP contribution in [0.5, 0.6) is 0 Å². The first kappa shape index (κ1) is 22.3. The van der Waals surface area contributed by atoms with Crippen molar-refractivity contribution in [2.24, 2.45) is 0 Å².